The maximum atomic E-state index is 11.8. The summed E-state index contributed by atoms with van der Waals surface area (Å²) in [7, 11) is 5.31. The van der Waals surface area contributed by atoms with Gasteiger partial charge in [-0.15, -0.1) is 0 Å². The Bertz CT molecular complexity index is 465. The molecular formula is C14H25N5O2. The number of carbonyl (C=O) groups excluding carboxylic acids is 1. The zero-order valence-electron chi connectivity index (χ0n) is 13.5. The molecule has 0 spiro atoms. The van der Waals surface area contributed by atoms with E-state index in [-0.39, 0.29) is 12.5 Å². The quantitative estimate of drug-likeness (QED) is 0.770. The number of nitrogens with one attached hydrogen (secondary N) is 1. The molecule has 1 amide bonds. The van der Waals surface area contributed by atoms with Crippen LogP contribution in [0.2, 0.25) is 0 Å². The van der Waals surface area contributed by atoms with Gasteiger partial charge in [-0.25, -0.2) is 9.97 Å². The van der Waals surface area contributed by atoms with E-state index in [4.69, 9.17) is 4.74 Å². The zero-order valence-corrected chi connectivity index (χ0v) is 13.5. The SMILES string of the molecule is CCNc1cc(N(C)CC(=O)N(C)C)nc(COCC)n1. The Balaban J connectivity index is 2.92. The second-order valence-corrected chi connectivity index (χ2v) is 4.84. The van der Waals surface area contributed by atoms with Crippen molar-refractivity contribution in [2.24, 2.45) is 0 Å². The first-order valence-corrected chi connectivity index (χ1v) is 7.08. The molecule has 0 radical (unpaired) electrons. The van der Waals surface area contributed by atoms with Crippen molar-refractivity contribution in [2.45, 2.75) is 20.5 Å². The third kappa shape index (κ3) is 5.55. The van der Waals surface area contributed by atoms with Crippen molar-refractivity contribution in [3.05, 3.63) is 11.9 Å². The van der Waals surface area contributed by atoms with Crippen LogP contribution in [0.25, 0.3) is 0 Å². The number of amides is 1. The Morgan fingerprint density at radius 2 is 2.00 bits per heavy atom. The fraction of sp³-hybridized carbons (Fsp3) is 0.643. The average molecular weight is 295 g/mol. The highest BCUT2D eigenvalue weighted by Gasteiger charge is 2.13. The van der Waals surface area contributed by atoms with Gasteiger partial charge in [-0.05, 0) is 13.8 Å². The van der Waals surface area contributed by atoms with E-state index in [0.717, 1.165) is 12.4 Å². The topological polar surface area (TPSA) is 70.6 Å². The van der Waals surface area contributed by atoms with E-state index in [1.165, 1.54) is 0 Å². The number of carbonyl (C=O) groups is 1. The highest BCUT2D eigenvalue weighted by Crippen LogP contribution is 2.15. The van der Waals surface area contributed by atoms with Crippen molar-refractivity contribution < 1.29 is 9.53 Å². The van der Waals surface area contributed by atoms with Crippen LogP contribution < -0.4 is 10.2 Å². The number of likely N-dealkylation sites (N-methyl/N-ethyl adjacent to an activating group) is 2. The largest absolute Gasteiger partial charge is 0.374 e. The Kier molecular flexibility index (Phi) is 6.87. The van der Waals surface area contributed by atoms with Gasteiger partial charge in [-0.3, -0.25) is 4.79 Å². The predicted molar refractivity (Wildman–Crippen MR) is 83.5 cm³/mol. The molecule has 0 fully saturated rings. The Labute approximate surface area is 126 Å². The lowest BCUT2D eigenvalue weighted by molar-refractivity contribution is -0.127. The molecule has 1 heterocycles. The van der Waals surface area contributed by atoms with Gasteiger partial charge in [0.15, 0.2) is 5.82 Å². The second kappa shape index (κ2) is 8.41. The van der Waals surface area contributed by atoms with Gasteiger partial charge in [0.2, 0.25) is 5.91 Å². The van der Waals surface area contributed by atoms with Crippen LogP contribution in [0.5, 0.6) is 0 Å². The van der Waals surface area contributed by atoms with Crippen LogP contribution in [-0.2, 0) is 16.1 Å². The summed E-state index contributed by atoms with van der Waals surface area (Å²) >= 11 is 0. The van der Waals surface area contributed by atoms with E-state index in [1.54, 1.807) is 23.9 Å². The summed E-state index contributed by atoms with van der Waals surface area (Å²) in [5.41, 5.74) is 0. The second-order valence-electron chi connectivity index (χ2n) is 4.84. The van der Waals surface area contributed by atoms with Crippen molar-refractivity contribution >= 4 is 17.5 Å². The van der Waals surface area contributed by atoms with Gasteiger partial charge in [-0.2, -0.15) is 0 Å². The lowest BCUT2D eigenvalue weighted by atomic mass is 10.4. The molecule has 1 rings (SSSR count). The van der Waals surface area contributed by atoms with Crippen LogP contribution in [0.15, 0.2) is 6.07 Å². The van der Waals surface area contributed by atoms with Crippen molar-refractivity contribution in [3.8, 4) is 0 Å². The third-order valence-corrected chi connectivity index (χ3v) is 2.81. The minimum absolute atomic E-state index is 0.0208. The molecule has 0 atom stereocenters. The average Bonchev–Trinajstić information content (AvgIpc) is 2.45. The number of aromatic nitrogens is 2. The Morgan fingerprint density at radius 1 is 1.29 bits per heavy atom. The lowest BCUT2D eigenvalue weighted by Crippen LogP contribution is -2.35. The van der Waals surface area contributed by atoms with Crippen molar-refractivity contribution in [1.82, 2.24) is 14.9 Å². The van der Waals surface area contributed by atoms with E-state index in [9.17, 15) is 4.79 Å². The number of ether oxygens (including phenoxy) is 1. The van der Waals surface area contributed by atoms with E-state index in [2.05, 4.69) is 15.3 Å². The predicted octanol–water partition coefficient (Wildman–Crippen LogP) is 0.969. The summed E-state index contributed by atoms with van der Waals surface area (Å²) in [6.07, 6.45) is 0. The molecule has 21 heavy (non-hydrogen) atoms. The first-order chi connectivity index (χ1) is 9.97. The summed E-state index contributed by atoms with van der Waals surface area (Å²) in [6.45, 7) is 5.94. The van der Waals surface area contributed by atoms with Crippen LogP contribution in [0, 0.1) is 0 Å². The highest BCUT2D eigenvalue weighted by atomic mass is 16.5. The first-order valence-electron chi connectivity index (χ1n) is 7.08. The number of hydrogen-bond donors (Lipinski definition) is 1. The van der Waals surface area contributed by atoms with Crippen LogP contribution in [0.1, 0.15) is 19.7 Å². The molecule has 0 aliphatic rings. The maximum absolute atomic E-state index is 11.8. The Hall–Kier alpha value is -1.89. The minimum atomic E-state index is 0.0208. The molecule has 118 valence electrons. The molecule has 0 bridgehead atoms. The van der Waals surface area contributed by atoms with E-state index < -0.39 is 0 Å². The molecule has 7 heteroatoms. The van der Waals surface area contributed by atoms with Gasteiger partial charge >= 0.3 is 0 Å². The lowest BCUT2D eigenvalue weighted by Gasteiger charge is -2.21. The molecule has 0 aliphatic heterocycles. The smallest absolute Gasteiger partial charge is 0.241 e. The van der Waals surface area contributed by atoms with Crippen molar-refractivity contribution in [1.29, 1.82) is 0 Å². The van der Waals surface area contributed by atoms with Gasteiger partial charge < -0.3 is 19.9 Å². The molecule has 0 saturated heterocycles. The van der Waals surface area contributed by atoms with E-state index in [0.29, 0.717) is 24.9 Å². The fourth-order valence-corrected chi connectivity index (χ4v) is 1.63. The summed E-state index contributed by atoms with van der Waals surface area (Å²) in [5.74, 6) is 2.06. The van der Waals surface area contributed by atoms with Gasteiger partial charge in [0.05, 0.1) is 6.54 Å². The standard InChI is InChI=1S/C14H25N5O2/c1-6-15-11-8-13(17-12(16-11)10-21-7-2)19(5)9-14(20)18(3)4/h8H,6-7,9-10H2,1-5H3,(H,15,16,17). The third-order valence-electron chi connectivity index (χ3n) is 2.81. The molecule has 1 aromatic rings. The molecular weight excluding hydrogens is 270 g/mol. The molecule has 0 aromatic carbocycles. The van der Waals surface area contributed by atoms with Crippen LogP contribution in [-0.4, -0.2) is 61.6 Å². The van der Waals surface area contributed by atoms with Crippen LogP contribution >= 0.6 is 0 Å². The van der Waals surface area contributed by atoms with Gasteiger partial charge in [0.1, 0.15) is 18.2 Å². The number of nitrogens with zero attached hydrogens (tertiary/aromatic N) is 4. The van der Waals surface area contributed by atoms with Gasteiger partial charge in [0.25, 0.3) is 0 Å². The van der Waals surface area contributed by atoms with Gasteiger partial charge in [-0.1, -0.05) is 0 Å². The van der Waals surface area contributed by atoms with E-state index in [1.807, 2.05) is 27.0 Å². The summed E-state index contributed by atoms with van der Waals surface area (Å²) < 4.78 is 5.36. The monoisotopic (exact) mass is 295 g/mol. The zero-order chi connectivity index (χ0) is 15.8. The number of hydrogen-bond acceptors (Lipinski definition) is 6. The molecule has 0 aliphatic carbocycles. The normalized spacial score (nSPS) is 10.3. The minimum Gasteiger partial charge on any atom is -0.374 e. The van der Waals surface area contributed by atoms with E-state index >= 15 is 0 Å². The van der Waals surface area contributed by atoms with Crippen LogP contribution in [0.3, 0.4) is 0 Å². The summed E-state index contributed by atoms with van der Waals surface area (Å²) in [5, 5.41) is 3.17. The molecule has 0 saturated carbocycles. The number of anilines is 2. The fourth-order valence-electron chi connectivity index (χ4n) is 1.63. The van der Waals surface area contributed by atoms with Crippen molar-refractivity contribution in [2.75, 3.05) is 51.1 Å². The molecule has 1 N–H and O–H groups in total. The summed E-state index contributed by atoms with van der Waals surface area (Å²) in [4.78, 5) is 24.0. The highest BCUT2D eigenvalue weighted by molar-refractivity contribution is 5.80. The molecule has 7 nitrogen and oxygen atoms in total. The first kappa shape index (κ1) is 17.2. The number of rotatable bonds is 8. The van der Waals surface area contributed by atoms with Crippen LogP contribution in [0.4, 0.5) is 11.6 Å². The Morgan fingerprint density at radius 3 is 2.57 bits per heavy atom. The maximum Gasteiger partial charge on any atom is 0.241 e. The molecule has 1 aromatic heterocycles. The molecule has 0 unspecified atom stereocenters. The van der Waals surface area contributed by atoms with Crippen molar-refractivity contribution in [3.63, 3.8) is 0 Å². The van der Waals surface area contributed by atoms with Gasteiger partial charge in [0, 0.05) is 40.4 Å². The summed E-state index contributed by atoms with van der Waals surface area (Å²) in [6, 6.07) is 1.84.